The van der Waals surface area contributed by atoms with E-state index in [-0.39, 0.29) is 5.69 Å². The van der Waals surface area contributed by atoms with Crippen molar-refractivity contribution < 1.29 is 4.39 Å². The number of fused-ring (bicyclic) bond motifs is 1. The molecular weight excluding hydrogens is 255 g/mol. The predicted octanol–water partition coefficient (Wildman–Crippen LogP) is 3.26. The SMILES string of the molecule is CCNc1ncc(F)c(-c2cncc3ccccc23)n1. The number of hydrogen-bond acceptors (Lipinski definition) is 4. The molecule has 1 aromatic carbocycles. The Labute approximate surface area is 115 Å². The van der Waals surface area contributed by atoms with Gasteiger partial charge < -0.3 is 5.32 Å². The summed E-state index contributed by atoms with van der Waals surface area (Å²) >= 11 is 0. The maximum absolute atomic E-state index is 14.0. The molecule has 0 saturated heterocycles. The Morgan fingerprint density at radius 1 is 1.15 bits per heavy atom. The monoisotopic (exact) mass is 268 g/mol. The van der Waals surface area contributed by atoms with Crippen molar-refractivity contribution >= 4 is 16.7 Å². The Balaban J connectivity index is 2.22. The number of halogens is 1. The zero-order valence-corrected chi connectivity index (χ0v) is 11.0. The summed E-state index contributed by atoms with van der Waals surface area (Å²) in [5.41, 5.74) is 0.933. The van der Waals surface area contributed by atoms with Gasteiger partial charge in [-0.3, -0.25) is 4.98 Å². The third-order valence-corrected chi connectivity index (χ3v) is 3.00. The molecule has 5 heteroatoms. The van der Waals surface area contributed by atoms with E-state index in [4.69, 9.17) is 0 Å². The first kappa shape index (κ1) is 12.5. The molecule has 0 bridgehead atoms. The van der Waals surface area contributed by atoms with E-state index >= 15 is 0 Å². The van der Waals surface area contributed by atoms with Gasteiger partial charge in [-0.2, -0.15) is 0 Å². The normalized spacial score (nSPS) is 10.7. The van der Waals surface area contributed by atoms with Crippen molar-refractivity contribution in [2.24, 2.45) is 0 Å². The second kappa shape index (κ2) is 5.21. The topological polar surface area (TPSA) is 50.7 Å². The van der Waals surface area contributed by atoms with E-state index in [1.165, 1.54) is 6.20 Å². The van der Waals surface area contributed by atoms with Crippen LogP contribution in [0.3, 0.4) is 0 Å². The average Bonchev–Trinajstić information content (AvgIpc) is 2.49. The zero-order valence-electron chi connectivity index (χ0n) is 11.0. The minimum atomic E-state index is -0.454. The Bertz CT molecular complexity index is 752. The van der Waals surface area contributed by atoms with E-state index in [0.29, 0.717) is 18.1 Å². The Morgan fingerprint density at radius 3 is 2.85 bits per heavy atom. The highest BCUT2D eigenvalue weighted by atomic mass is 19.1. The fourth-order valence-corrected chi connectivity index (χ4v) is 2.10. The van der Waals surface area contributed by atoms with Gasteiger partial charge in [-0.05, 0) is 12.3 Å². The molecule has 0 aliphatic carbocycles. The molecule has 3 aromatic rings. The van der Waals surface area contributed by atoms with Crippen molar-refractivity contribution in [2.75, 3.05) is 11.9 Å². The second-order valence-corrected chi connectivity index (χ2v) is 4.33. The van der Waals surface area contributed by atoms with Crippen LogP contribution >= 0.6 is 0 Å². The van der Waals surface area contributed by atoms with E-state index in [1.54, 1.807) is 12.4 Å². The molecular formula is C15H13FN4. The lowest BCUT2D eigenvalue weighted by Gasteiger charge is -2.08. The highest BCUT2D eigenvalue weighted by Gasteiger charge is 2.12. The van der Waals surface area contributed by atoms with E-state index < -0.39 is 5.82 Å². The number of nitrogens with one attached hydrogen (secondary N) is 1. The molecule has 0 unspecified atom stereocenters. The summed E-state index contributed by atoms with van der Waals surface area (Å²) in [6, 6.07) is 7.71. The van der Waals surface area contributed by atoms with Gasteiger partial charge in [-0.15, -0.1) is 0 Å². The summed E-state index contributed by atoms with van der Waals surface area (Å²) in [4.78, 5) is 12.3. The van der Waals surface area contributed by atoms with Crippen LogP contribution in [0.15, 0.2) is 42.9 Å². The first-order valence-electron chi connectivity index (χ1n) is 6.39. The van der Waals surface area contributed by atoms with Crippen LogP contribution in [0.1, 0.15) is 6.92 Å². The Hall–Kier alpha value is -2.56. The van der Waals surface area contributed by atoms with Crippen LogP contribution in [0.25, 0.3) is 22.0 Å². The second-order valence-electron chi connectivity index (χ2n) is 4.33. The van der Waals surface area contributed by atoms with Gasteiger partial charge >= 0.3 is 0 Å². The molecule has 0 spiro atoms. The first-order valence-corrected chi connectivity index (χ1v) is 6.39. The maximum Gasteiger partial charge on any atom is 0.223 e. The molecule has 0 radical (unpaired) electrons. The summed E-state index contributed by atoms with van der Waals surface area (Å²) in [7, 11) is 0. The minimum Gasteiger partial charge on any atom is -0.354 e. The molecule has 0 saturated carbocycles. The molecule has 2 aromatic heterocycles. The molecule has 1 N–H and O–H groups in total. The first-order chi connectivity index (χ1) is 9.79. The third kappa shape index (κ3) is 2.18. The molecule has 4 nitrogen and oxygen atoms in total. The number of aromatic nitrogens is 3. The van der Waals surface area contributed by atoms with Crippen molar-refractivity contribution in [1.82, 2.24) is 15.0 Å². The lowest BCUT2D eigenvalue weighted by molar-refractivity contribution is 0.618. The smallest absolute Gasteiger partial charge is 0.223 e. The van der Waals surface area contributed by atoms with Crippen LogP contribution in [0.2, 0.25) is 0 Å². The number of hydrogen-bond donors (Lipinski definition) is 1. The third-order valence-electron chi connectivity index (χ3n) is 3.00. The van der Waals surface area contributed by atoms with Gasteiger partial charge in [0, 0.05) is 29.9 Å². The molecule has 20 heavy (non-hydrogen) atoms. The summed E-state index contributed by atoms with van der Waals surface area (Å²) in [6.45, 7) is 2.62. The molecule has 2 heterocycles. The Kier molecular flexibility index (Phi) is 3.25. The zero-order chi connectivity index (χ0) is 13.9. The van der Waals surface area contributed by atoms with Crippen molar-refractivity contribution in [2.45, 2.75) is 6.92 Å². The van der Waals surface area contributed by atoms with Crippen molar-refractivity contribution in [3.63, 3.8) is 0 Å². The largest absolute Gasteiger partial charge is 0.354 e. The Morgan fingerprint density at radius 2 is 2.00 bits per heavy atom. The van der Waals surface area contributed by atoms with Crippen molar-refractivity contribution in [3.8, 4) is 11.3 Å². The van der Waals surface area contributed by atoms with Crippen LogP contribution in [0.4, 0.5) is 10.3 Å². The van der Waals surface area contributed by atoms with Gasteiger partial charge in [-0.25, -0.2) is 14.4 Å². The van der Waals surface area contributed by atoms with Crippen LogP contribution in [-0.2, 0) is 0 Å². The summed E-state index contributed by atoms with van der Waals surface area (Å²) < 4.78 is 14.0. The number of anilines is 1. The van der Waals surface area contributed by atoms with E-state index in [2.05, 4.69) is 20.3 Å². The van der Waals surface area contributed by atoms with Crippen molar-refractivity contribution in [3.05, 3.63) is 48.7 Å². The predicted molar refractivity (Wildman–Crippen MR) is 76.9 cm³/mol. The molecule has 0 amide bonds. The molecule has 0 atom stereocenters. The number of rotatable bonds is 3. The lowest BCUT2D eigenvalue weighted by Crippen LogP contribution is -2.04. The van der Waals surface area contributed by atoms with E-state index in [1.807, 2.05) is 31.2 Å². The highest BCUT2D eigenvalue weighted by molar-refractivity contribution is 5.94. The van der Waals surface area contributed by atoms with Gasteiger partial charge in [-0.1, -0.05) is 24.3 Å². The maximum atomic E-state index is 14.0. The van der Waals surface area contributed by atoms with Gasteiger partial charge in [0.15, 0.2) is 5.82 Å². The number of nitrogens with zero attached hydrogens (tertiary/aromatic N) is 3. The van der Waals surface area contributed by atoms with Gasteiger partial charge in [0.1, 0.15) is 5.69 Å². The summed E-state index contributed by atoms with van der Waals surface area (Å²) in [5.74, 6) is -0.0401. The lowest BCUT2D eigenvalue weighted by atomic mass is 10.1. The van der Waals surface area contributed by atoms with E-state index in [9.17, 15) is 4.39 Å². The summed E-state index contributed by atoms with van der Waals surface area (Å²) in [6.07, 6.45) is 4.56. The molecule has 0 aliphatic rings. The van der Waals surface area contributed by atoms with Crippen molar-refractivity contribution in [1.29, 1.82) is 0 Å². The van der Waals surface area contributed by atoms with Gasteiger partial charge in [0.25, 0.3) is 0 Å². The molecule has 0 aliphatic heterocycles. The van der Waals surface area contributed by atoms with E-state index in [0.717, 1.165) is 10.8 Å². The molecule has 0 fully saturated rings. The van der Waals surface area contributed by atoms with Crippen LogP contribution in [-0.4, -0.2) is 21.5 Å². The van der Waals surface area contributed by atoms with Gasteiger partial charge in [0.05, 0.1) is 6.20 Å². The van der Waals surface area contributed by atoms with Crippen LogP contribution < -0.4 is 5.32 Å². The summed E-state index contributed by atoms with van der Waals surface area (Å²) in [5, 5.41) is 4.85. The molecule has 100 valence electrons. The fourth-order valence-electron chi connectivity index (χ4n) is 2.10. The highest BCUT2D eigenvalue weighted by Crippen LogP contribution is 2.28. The quantitative estimate of drug-likeness (QED) is 0.792. The number of pyridine rings is 1. The van der Waals surface area contributed by atoms with Crippen LogP contribution in [0, 0.1) is 5.82 Å². The van der Waals surface area contributed by atoms with Gasteiger partial charge in [0.2, 0.25) is 5.95 Å². The average molecular weight is 268 g/mol. The standard InChI is InChI=1S/C15H13FN4/c1-2-18-15-19-9-13(16)14(20-15)12-8-17-7-10-5-3-4-6-11(10)12/h3-9H,2H2,1H3,(H,18,19,20). The fraction of sp³-hybridized carbons (Fsp3) is 0.133. The minimum absolute atomic E-state index is 0.264. The number of benzene rings is 1. The molecule has 3 rings (SSSR count). The van der Waals surface area contributed by atoms with Crippen LogP contribution in [0.5, 0.6) is 0 Å².